The van der Waals surface area contributed by atoms with E-state index in [0.29, 0.717) is 12.1 Å². The van der Waals surface area contributed by atoms with Gasteiger partial charge in [0.2, 0.25) is 0 Å². The molecule has 0 atom stereocenters. The van der Waals surface area contributed by atoms with Gasteiger partial charge in [-0.1, -0.05) is 12.1 Å². The van der Waals surface area contributed by atoms with Crippen LogP contribution < -0.4 is 4.74 Å². The van der Waals surface area contributed by atoms with E-state index >= 15 is 0 Å². The van der Waals surface area contributed by atoms with Gasteiger partial charge in [0.15, 0.2) is 11.6 Å². The van der Waals surface area contributed by atoms with E-state index in [2.05, 4.69) is 22.6 Å². The maximum atomic E-state index is 13.6. The molecule has 2 rings (SSSR count). The first-order chi connectivity index (χ1) is 10.0. The Labute approximate surface area is 136 Å². The van der Waals surface area contributed by atoms with Gasteiger partial charge in [-0.25, -0.2) is 4.39 Å². The number of nitrogens with zero attached hydrogens (tertiary/aromatic N) is 1. The Morgan fingerprint density at radius 2 is 2.05 bits per heavy atom. The quantitative estimate of drug-likeness (QED) is 0.734. The standard InChI is InChI=1S/C16H15FINO2/c1-19(16(20)12-4-3-5-13(18)9-12)10-11-6-7-15(21-2)14(17)8-11/h3-9H,10H2,1-2H3. The third-order valence-electron chi connectivity index (χ3n) is 3.05. The highest BCUT2D eigenvalue weighted by molar-refractivity contribution is 14.1. The first kappa shape index (κ1) is 15.8. The van der Waals surface area contributed by atoms with E-state index < -0.39 is 5.82 Å². The normalized spacial score (nSPS) is 10.3. The summed E-state index contributed by atoms with van der Waals surface area (Å²) < 4.78 is 19.5. The van der Waals surface area contributed by atoms with Gasteiger partial charge >= 0.3 is 0 Å². The zero-order valence-electron chi connectivity index (χ0n) is 11.8. The van der Waals surface area contributed by atoms with Gasteiger partial charge in [-0.2, -0.15) is 0 Å². The van der Waals surface area contributed by atoms with E-state index in [0.717, 1.165) is 9.13 Å². The molecule has 2 aromatic carbocycles. The minimum absolute atomic E-state index is 0.0928. The maximum Gasteiger partial charge on any atom is 0.253 e. The highest BCUT2D eigenvalue weighted by Crippen LogP contribution is 2.19. The first-order valence-corrected chi connectivity index (χ1v) is 7.42. The highest BCUT2D eigenvalue weighted by atomic mass is 127. The summed E-state index contributed by atoms with van der Waals surface area (Å²) in [7, 11) is 3.12. The van der Waals surface area contributed by atoms with Crippen LogP contribution in [0.4, 0.5) is 4.39 Å². The molecule has 0 spiro atoms. The van der Waals surface area contributed by atoms with Gasteiger partial charge in [0.25, 0.3) is 5.91 Å². The van der Waals surface area contributed by atoms with Crippen molar-refractivity contribution in [2.24, 2.45) is 0 Å². The summed E-state index contributed by atoms with van der Waals surface area (Å²) in [5.41, 5.74) is 1.34. The van der Waals surface area contributed by atoms with E-state index in [-0.39, 0.29) is 11.7 Å². The van der Waals surface area contributed by atoms with Gasteiger partial charge < -0.3 is 9.64 Å². The average molecular weight is 399 g/mol. The maximum absolute atomic E-state index is 13.6. The van der Waals surface area contributed by atoms with Crippen molar-refractivity contribution >= 4 is 28.5 Å². The molecule has 0 heterocycles. The van der Waals surface area contributed by atoms with E-state index in [1.165, 1.54) is 13.2 Å². The van der Waals surface area contributed by atoms with Crippen molar-refractivity contribution in [3.8, 4) is 5.75 Å². The lowest BCUT2D eigenvalue weighted by Crippen LogP contribution is -2.26. The lowest BCUT2D eigenvalue weighted by atomic mass is 10.1. The van der Waals surface area contributed by atoms with Crippen LogP contribution in [0.15, 0.2) is 42.5 Å². The molecule has 0 unspecified atom stereocenters. The fourth-order valence-electron chi connectivity index (χ4n) is 2.00. The van der Waals surface area contributed by atoms with Gasteiger partial charge in [0.05, 0.1) is 7.11 Å². The number of methoxy groups -OCH3 is 1. The minimum atomic E-state index is -0.426. The number of halogens is 2. The number of hydrogen-bond donors (Lipinski definition) is 0. The summed E-state index contributed by atoms with van der Waals surface area (Å²) in [6.45, 7) is 0.339. The van der Waals surface area contributed by atoms with Gasteiger partial charge in [-0.3, -0.25) is 4.79 Å². The number of hydrogen-bond acceptors (Lipinski definition) is 2. The molecule has 3 nitrogen and oxygen atoms in total. The molecule has 0 aliphatic rings. The van der Waals surface area contributed by atoms with Crippen LogP contribution in [-0.2, 0) is 6.54 Å². The van der Waals surface area contributed by atoms with Crippen LogP contribution in [0.2, 0.25) is 0 Å². The molecule has 0 aromatic heterocycles. The third-order valence-corrected chi connectivity index (χ3v) is 3.73. The summed E-state index contributed by atoms with van der Waals surface area (Å²) >= 11 is 2.16. The molecule has 5 heteroatoms. The Bertz CT molecular complexity index is 660. The molecule has 0 radical (unpaired) electrons. The number of carbonyl (C=O) groups is 1. The summed E-state index contributed by atoms with van der Waals surface area (Å²) in [5, 5.41) is 0. The molecule has 0 fully saturated rings. The van der Waals surface area contributed by atoms with Gasteiger partial charge in [0.1, 0.15) is 0 Å². The van der Waals surface area contributed by atoms with E-state index in [9.17, 15) is 9.18 Å². The molecule has 0 aliphatic carbocycles. The molecule has 0 N–H and O–H groups in total. The van der Waals surface area contributed by atoms with Gasteiger partial charge in [-0.05, 0) is 58.5 Å². The lowest BCUT2D eigenvalue weighted by Gasteiger charge is -2.18. The van der Waals surface area contributed by atoms with Crippen LogP contribution in [0.25, 0.3) is 0 Å². The monoisotopic (exact) mass is 399 g/mol. The van der Waals surface area contributed by atoms with E-state index in [1.807, 2.05) is 18.2 Å². The summed E-state index contributed by atoms with van der Waals surface area (Å²) in [6.07, 6.45) is 0. The second-order valence-electron chi connectivity index (χ2n) is 4.64. The molecular formula is C16H15FINO2. The molecule has 0 saturated heterocycles. The molecule has 1 amide bonds. The highest BCUT2D eigenvalue weighted by Gasteiger charge is 2.13. The molecule has 21 heavy (non-hydrogen) atoms. The Morgan fingerprint density at radius 1 is 1.29 bits per heavy atom. The molecular weight excluding hydrogens is 384 g/mol. The molecule has 0 saturated carbocycles. The second kappa shape index (κ2) is 6.89. The SMILES string of the molecule is COc1ccc(CN(C)C(=O)c2cccc(I)c2)cc1F. The van der Waals surface area contributed by atoms with Crippen LogP contribution in [0.1, 0.15) is 15.9 Å². The van der Waals surface area contributed by atoms with Crippen LogP contribution >= 0.6 is 22.6 Å². The number of benzene rings is 2. The van der Waals surface area contributed by atoms with Crippen LogP contribution in [0.3, 0.4) is 0 Å². The first-order valence-electron chi connectivity index (χ1n) is 6.34. The Kier molecular flexibility index (Phi) is 5.17. The Balaban J connectivity index is 2.12. The number of carbonyl (C=O) groups excluding carboxylic acids is 1. The van der Waals surface area contributed by atoms with Crippen molar-refractivity contribution in [3.05, 3.63) is 63.0 Å². The number of rotatable bonds is 4. The fraction of sp³-hybridized carbons (Fsp3) is 0.188. The average Bonchev–Trinajstić information content (AvgIpc) is 2.46. The largest absolute Gasteiger partial charge is 0.494 e. The fourth-order valence-corrected chi connectivity index (χ4v) is 2.54. The minimum Gasteiger partial charge on any atom is -0.494 e. The Hall–Kier alpha value is -1.63. The summed E-state index contributed by atoms with van der Waals surface area (Å²) in [4.78, 5) is 13.9. The molecule has 2 aromatic rings. The zero-order chi connectivity index (χ0) is 15.4. The number of amides is 1. The Morgan fingerprint density at radius 3 is 2.67 bits per heavy atom. The zero-order valence-corrected chi connectivity index (χ0v) is 13.9. The van der Waals surface area contributed by atoms with Crippen molar-refractivity contribution in [1.29, 1.82) is 0 Å². The lowest BCUT2D eigenvalue weighted by molar-refractivity contribution is 0.0785. The van der Waals surface area contributed by atoms with E-state index in [1.54, 1.807) is 30.1 Å². The van der Waals surface area contributed by atoms with Crippen LogP contribution in [-0.4, -0.2) is 25.0 Å². The van der Waals surface area contributed by atoms with Gasteiger partial charge in [0, 0.05) is 22.7 Å². The molecule has 110 valence electrons. The number of ether oxygens (including phenoxy) is 1. The van der Waals surface area contributed by atoms with E-state index in [4.69, 9.17) is 4.74 Å². The summed E-state index contributed by atoms with van der Waals surface area (Å²) in [6, 6.07) is 12.1. The van der Waals surface area contributed by atoms with Crippen molar-refractivity contribution < 1.29 is 13.9 Å². The van der Waals surface area contributed by atoms with Crippen molar-refractivity contribution in [3.63, 3.8) is 0 Å². The molecule has 0 aliphatic heterocycles. The van der Waals surface area contributed by atoms with Crippen molar-refractivity contribution in [1.82, 2.24) is 4.90 Å². The summed E-state index contributed by atoms with van der Waals surface area (Å²) in [5.74, 6) is -0.319. The predicted octanol–water partition coefficient (Wildman–Crippen LogP) is 3.71. The van der Waals surface area contributed by atoms with Crippen molar-refractivity contribution in [2.75, 3.05) is 14.2 Å². The molecule has 0 bridgehead atoms. The van der Waals surface area contributed by atoms with Crippen molar-refractivity contribution in [2.45, 2.75) is 6.54 Å². The topological polar surface area (TPSA) is 29.5 Å². The van der Waals surface area contributed by atoms with Crippen LogP contribution in [0.5, 0.6) is 5.75 Å². The third kappa shape index (κ3) is 3.93. The smallest absolute Gasteiger partial charge is 0.253 e. The van der Waals surface area contributed by atoms with Crippen LogP contribution in [0, 0.1) is 9.39 Å². The second-order valence-corrected chi connectivity index (χ2v) is 5.89. The van der Waals surface area contributed by atoms with Gasteiger partial charge in [-0.15, -0.1) is 0 Å². The predicted molar refractivity (Wildman–Crippen MR) is 87.9 cm³/mol.